The van der Waals surface area contributed by atoms with Crippen LogP contribution in [0.2, 0.25) is 0 Å². The summed E-state index contributed by atoms with van der Waals surface area (Å²) in [7, 11) is 2.13. The zero-order valence-electron chi connectivity index (χ0n) is 12.6. The number of fused-ring (bicyclic) bond motifs is 1. The van der Waals surface area contributed by atoms with Gasteiger partial charge in [0.1, 0.15) is 0 Å². The summed E-state index contributed by atoms with van der Waals surface area (Å²) < 4.78 is 2.26. The average Bonchev–Trinajstić information content (AvgIpc) is 2.72. The average molecular weight is 271 g/mol. The van der Waals surface area contributed by atoms with Crippen molar-refractivity contribution in [2.45, 2.75) is 32.2 Å². The van der Waals surface area contributed by atoms with Crippen molar-refractivity contribution in [1.29, 1.82) is 0 Å². The predicted molar refractivity (Wildman–Crippen MR) is 84.9 cm³/mol. The molecule has 0 bridgehead atoms. The lowest BCUT2D eigenvalue weighted by atomic mass is 10.0. The lowest BCUT2D eigenvalue weighted by Gasteiger charge is -2.29. The highest BCUT2D eigenvalue weighted by Gasteiger charge is 2.20. The summed E-state index contributed by atoms with van der Waals surface area (Å²) >= 11 is 0. The Morgan fingerprint density at radius 3 is 2.60 bits per heavy atom. The van der Waals surface area contributed by atoms with Gasteiger partial charge in [-0.15, -0.1) is 0 Å². The lowest BCUT2D eigenvalue weighted by Crippen LogP contribution is -2.36. The first-order chi connectivity index (χ1) is 9.68. The third-order valence-electron chi connectivity index (χ3n) is 4.72. The van der Waals surface area contributed by atoms with Gasteiger partial charge in [0.2, 0.25) is 0 Å². The molecule has 1 unspecified atom stereocenters. The molecule has 2 aromatic rings. The number of rotatable bonds is 3. The molecule has 2 N–H and O–H groups in total. The van der Waals surface area contributed by atoms with Crippen molar-refractivity contribution in [2.24, 2.45) is 12.8 Å². The monoisotopic (exact) mass is 271 g/mol. The minimum atomic E-state index is 0.110. The Morgan fingerprint density at radius 2 is 1.85 bits per heavy atom. The van der Waals surface area contributed by atoms with E-state index < -0.39 is 0 Å². The summed E-state index contributed by atoms with van der Waals surface area (Å²) in [6.07, 6.45) is 4.02. The number of para-hydroxylation sites is 1. The van der Waals surface area contributed by atoms with Gasteiger partial charge in [0.15, 0.2) is 0 Å². The van der Waals surface area contributed by atoms with Crippen molar-refractivity contribution >= 4 is 10.9 Å². The van der Waals surface area contributed by atoms with Crippen LogP contribution in [-0.4, -0.2) is 29.1 Å². The van der Waals surface area contributed by atoms with E-state index in [1.54, 1.807) is 0 Å². The quantitative estimate of drug-likeness (QED) is 0.931. The minimum Gasteiger partial charge on any atom is -0.348 e. The molecule has 1 saturated heterocycles. The molecule has 1 aliphatic rings. The van der Waals surface area contributed by atoms with Crippen molar-refractivity contribution < 1.29 is 0 Å². The van der Waals surface area contributed by atoms with Crippen LogP contribution in [0.5, 0.6) is 0 Å². The van der Waals surface area contributed by atoms with Gasteiger partial charge in [-0.05, 0) is 44.5 Å². The molecule has 3 rings (SSSR count). The Balaban J connectivity index is 1.90. The first-order valence-corrected chi connectivity index (χ1v) is 7.70. The number of hydrogen-bond acceptors (Lipinski definition) is 2. The first kappa shape index (κ1) is 13.7. The zero-order valence-corrected chi connectivity index (χ0v) is 12.6. The van der Waals surface area contributed by atoms with Gasteiger partial charge in [-0.1, -0.05) is 24.6 Å². The molecule has 20 heavy (non-hydrogen) atoms. The molecule has 1 aliphatic heterocycles. The summed E-state index contributed by atoms with van der Waals surface area (Å²) in [6.45, 7) is 5.58. The largest absolute Gasteiger partial charge is 0.348 e. The van der Waals surface area contributed by atoms with Crippen LogP contribution in [0.25, 0.3) is 10.9 Å². The van der Waals surface area contributed by atoms with E-state index in [4.69, 9.17) is 5.73 Å². The third kappa shape index (κ3) is 2.36. The molecule has 3 nitrogen and oxygen atoms in total. The van der Waals surface area contributed by atoms with E-state index >= 15 is 0 Å². The van der Waals surface area contributed by atoms with Crippen molar-refractivity contribution in [3.05, 3.63) is 35.5 Å². The molecule has 1 aromatic carbocycles. The van der Waals surface area contributed by atoms with E-state index in [-0.39, 0.29) is 6.04 Å². The normalized spacial score (nSPS) is 18.6. The molecule has 1 atom stereocenters. The third-order valence-corrected chi connectivity index (χ3v) is 4.72. The molecule has 108 valence electrons. The Morgan fingerprint density at radius 1 is 1.15 bits per heavy atom. The highest BCUT2D eigenvalue weighted by molar-refractivity contribution is 5.86. The molecule has 3 heteroatoms. The van der Waals surface area contributed by atoms with Crippen molar-refractivity contribution in [1.82, 2.24) is 9.47 Å². The van der Waals surface area contributed by atoms with Crippen LogP contribution < -0.4 is 5.73 Å². The van der Waals surface area contributed by atoms with Crippen LogP contribution >= 0.6 is 0 Å². The second-order valence-corrected chi connectivity index (χ2v) is 6.04. The maximum absolute atomic E-state index is 6.55. The van der Waals surface area contributed by atoms with Gasteiger partial charge < -0.3 is 15.2 Å². The number of nitrogens with two attached hydrogens (primary N) is 1. The standard InChI is InChI=1S/C17H25N3/c1-13-17(14-8-4-5-9-16(14)19(13)2)15(18)12-20-10-6-3-7-11-20/h4-5,8-9,15H,3,6-7,10-12,18H2,1-2H3. The SMILES string of the molecule is Cc1c(C(N)CN2CCCCC2)c2ccccc2n1C. The lowest BCUT2D eigenvalue weighted by molar-refractivity contribution is 0.216. The number of nitrogens with zero attached hydrogens (tertiary/aromatic N) is 2. The number of hydrogen-bond donors (Lipinski definition) is 1. The summed E-state index contributed by atoms with van der Waals surface area (Å²) in [4.78, 5) is 2.52. The van der Waals surface area contributed by atoms with Gasteiger partial charge in [0.25, 0.3) is 0 Å². The number of benzene rings is 1. The van der Waals surface area contributed by atoms with Gasteiger partial charge in [-0.3, -0.25) is 0 Å². The van der Waals surface area contributed by atoms with Crippen molar-refractivity contribution in [2.75, 3.05) is 19.6 Å². The zero-order chi connectivity index (χ0) is 14.1. The smallest absolute Gasteiger partial charge is 0.0483 e. The van der Waals surface area contributed by atoms with E-state index in [2.05, 4.69) is 47.7 Å². The molecule has 2 heterocycles. The minimum absolute atomic E-state index is 0.110. The number of likely N-dealkylation sites (tertiary alicyclic amines) is 1. The first-order valence-electron chi connectivity index (χ1n) is 7.70. The van der Waals surface area contributed by atoms with E-state index in [1.165, 1.54) is 54.5 Å². The van der Waals surface area contributed by atoms with Crippen LogP contribution in [0.1, 0.15) is 36.6 Å². The number of aryl methyl sites for hydroxylation is 1. The number of aromatic nitrogens is 1. The summed E-state index contributed by atoms with van der Waals surface area (Å²) in [5.41, 5.74) is 10.5. The molecule has 1 fully saturated rings. The molecule has 0 spiro atoms. The molecular weight excluding hydrogens is 246 g/mol. The second-order valence-electron chi connectivity index (χ2n) is 6.04. The molecule has 1 aromatic heterocycles. The fourth-order valence-corrected chi connectivity index (χ4v) is 3.53. The van der Waals surface area contributed by atoms with Gasteiger partial charge in [-0.2, -0.15) is 0 Å². The molecular formula is C17H25N3. The Labute approximate surface area is 121 Å². The highest BCUT2D eigenvalue weighted by Crippen LogP contribution is 2.29. The summed E-state index contributed by atoms with van der Waals surface area (Å²) in [6, 6.07) is 8.70. The van der Waals surface area contributed by atoms with Gasteiger partial charge in [0.05, 0.1) is 0 Å². The van der Waals surface area contributed by atoms with Crippen LogP contribution in [0.4, 0.5) is 0 Å². The van der Waals surface area contributed by atoms with E-state index in [0.717, 1.165) is 6.54 Å². The predicted octanol–water partition coefficient (Wildman–Crippen LogP) is 2.97. The van der Waals surface area contributed by atoms with Gasteiger partial charge in [-0.25, -0.2) is 0 Å². The maximum atomic E-state index is 6.55. The Kier molecular flexibility index (Phi) is 3.81. The maximum Gasteiger partial charge on any atom is 0.0483 e. The topological polar surface area (TPSA) is 34.2 Å². The summed E-state index contributed by atoms with van der Waals surface area (Å²) in [5, 5.41) is 1.32. The molecule has 0 amide bonds. The summed E-state index contributed by atoms with van der Waals surface area (Å²) in [5.74, 6) is 0. The Hall–Kier alpha value is -1.32. The molecule has 0 aliphatic carbocycles. The van der Waals surface area contributed by atoms with Crippen LogP contribution in [0.15, 0.2) is 24.3 Å². The van der Waals surface area contributed by atoms with Crippen LogP contribution in [0.3, 0.4) is 0 Å². The van der Waals surface area contributed by atoms with E-state index in [0.29, 0.717) is 0 Å². The van der Waals surface area contributed by atoms with Crippen molar-refractivity contribution in [3.63, 3.8) is 0 Å². The van der Waals surface area contributed by atoms with Gasteiger partial charge >= 0.3 is 0 Å². The fraction of sp³-hybridized carbons (Fsp3) is 0.529. The highest BCUT2D eigenvalue weighted by atomic mass is 15.1. The van der Waals surface area contributed by atoms with Crippen LogP contribution in [0, 0.1) is 6.92 Å². The molecule has 0 saturated carbocycles. The van der Waals surface area contributed by atoms with Crippen molar-refractivity contribution in [3.8, 4) is 0 Å². The number of piperidine rings is 1. The van der Waals surface area contributed by atoms with E-state index in [9.17, 15) is 0 Å². The molecule has 0 radical (unpaired) electrons. The Bertz CT molecular complexity index is 594. The van der Waals surface area contributed by atoms with E-state index in [1.807, 2.05) is 0 Å². The second kappa shape index (κ2) is 5.58. The fourth-order valence-electron chi connectivity index (χ4n) is 3.53. The van der Waals surface area contributed by atoms with Crippen LogP contribution in [-0.2, 0) is 7.05 Å². The van der Waals surface area contributed by atoms with Gasteiger partial charge in [0, 0.05) is 36.2 Å².